The summed E-state index contributed by atoms with van der Waals surface area (Å²) in [5.74, 6) is -0.756. The Balaban J connectivity index is 1.50. The number of halogens is 1. The molecule has 2 aromatic carbocycles. The Kier molecular flexibility index (Phi) is 6.47. The van der Waals surface area contributed by atoms with E-state index in [1.807, 2.05) is 30.3 Å². The number of hydrogen-bond donors (Lipinski definition) is 0. The van der Waals surface area contributed by atoms with E-state index in [9.17, 15) is 14.4 Å². The lowest BCUT2D eigenvalue weighted by Gasteiger charge is -2.25. The molecule has 8 heteroatoms. The number of anilines is 1. The highest BCUT2D eigenvalue weighted by Crippen LogP contribution is 2.22. The van der Waals surface area contributed by atoms with E-state index in [-0.39, 0.29) is 44.0 Å². The molecule has 162 valence electrons. The Labute approximate surface area is 190 Å². The van der Waals surface area contributed by atoms with E-state index in [4.69, 9.17) is 11.6 Å². The maximum atomic E-state index is 13.1. The number of carbonyl (C=O) groups excluding carboxylic acids is 3. The molecule has 0 radical (unpaired) electrons. The second-order valence-corrected chi connectivity index (χ2v) is 7.85. The molecule has 0 atom stereocenters. The van der Waals surface area contributed by atoms with Gasteiger partial charge in [-0.1, -0.05) is 41.9 Å². The molecule has 0 unspecified atom stereocenters. The number of carbonyl (C=O) groups is 3. The second-order valence-electron chi connectivity index (χ2n) is 7.41. The molecule has 1 aromatic heterocycles. The van der Waals surface area contributed by atoms with Gasteiger partial charge in [0.15, 0.2) is 0 Å². The Hall–Kier alpha value is -3.71. The molecule has 0 aliphatic carbocycles. The van der Waals surface area contributed by atoms with Crippen molar-refractivity contribution in [2.24, 2.45) is 0 Å². The molecular weight excluding hydrogens is 428 g/mol. The van der Waals surface area contributed by atoms with E-state index >= 15 is 0 Å². The molecule has 7 nitrogen and oxygen atoms in total. The maximum Gasteiger partial charge on any atom is 0.254 e. The number of hydrogen-bond acceptors (Lipinski definition) is 4. The fraction of sp³-hybridized carbons (Fsp3) is 0.167. The van der Waals surface area contributed by atoms with Gasteiger partial charge >= 0.3 is 0 Å². The van der Waals surface area contributed by atoms with Crippen LogP contribution >= 0.6 is 11.6 Å². The molecule has 0 bridgehead atoms. The maximum absolute atomic E-state index is 13.1. The summed E-state index contributed by atoms with van der Waals surface area (Å²) in [4.78, 5) is 47.1. The van der Waals surface area contributed by atoms with Crippen LogP contribution in [0, 0.1) is 0 Å². The molecule has 0 spiro atoms. The lowest BCUT2D eigenvalue weighted by Crippen LogP contribution is -2.42. The summed E-state index contributed by atoms with van der Waals surface area (Å²) in [5, 5.41) is 0.569. The molecule has 1 saturated heterocycles. The van der Waals surface area contributed by atoms with Crippen LogP contribution in [-0.4, -0.2) is 52.3 Å². The zero-order chi connectivity index (χ0) is 22.5. The summed E-state index contributed by atoms with van der Waals surface area (Å²) in [6.45, 7) is 0.222. The molecule has 0 N–H and O–H groups in total. The van der Waals surface area contributed by atoms with E-state index in [1.165, 1.54) is 14.7 Å². The monoisotopic (exact) mass is 448 g/mol. The van der Waals surface area contributed by atoms with Crippen molar-refractivity contribution in [3.8, 4) is 0 Å². The van der Waals surface area contributed by atoms with Crippen LogP contribution in [0.3, 0.4) is 0 Å². The van der Waals surface area contributed by atoms with Crippen LogP contribution in [-0.2, 0) is 16.1 Å². The van der Waals surface area contributed by atoms with Crippen molar-refractivity contribution in [1.82, 2.24) is 14.8 Å². The highest BCUT2D eigenvalue weighted by atomic mass is 35.5. The lowest BCUT2D eigenvalue weighted by molar-refractivity contribution is -0.132. The topological polar surface area (TPSA) is 73.8 Å². The third-order valence-corrected chi connectivity index (χ3v) is 5.44. The molecular formula is C24H21ClN4O3. The predicted octanol–water partition coefficient (Wildman–Crippen LogP) is 3.21. The molecule has 3 aromatic rings. The Morgan fingerprint density at radius 3 is 2.34 bits per heavy atom. The average molecular weight is 449 g/mol. The molecule has 1 aliphatic rings. The van der Waals surface area contributed by atoms with Gasteiger partial charge in [-0.15, -0.1) is 0 Å². The number of rotatable bonds is 6. The zero-order valence-corrected chi connectivity index (χ0v) is 18.0. The first kappa shape index (κ1) is 21.5. The van der Waals surface area contributed by atoms with Crippen molar-refractivity contribution in [1.29, 1.82) is 0 Å². The number of nitrogens with zero attached hydrogens (tertiary/aromatic N) is 4. The third kappa shape index (κ3) is 4.95. The van der Waals surface area contributed by atoms with Gasteiger partial charge in [0.1, 0.15) is 19.8 Å². The van der Waals surface area contributed by atoms with Crippen molar-refractivity contribution in [3.63, 3.8) is 0 Å². The van der Waals surface area contributed by atoms with E-state index in [0.717, 1.165) is 5.56 Å². The SMILES string of the molecule is O=C(CN(Cc1ccccc1)C(=O)c1ccncc1)N1CC(=O)N(c2ccc(Cl)cc2)C1. The van der Waals surface area contributed by atoms with Crippen LogP contribution in [0.1, 0.15) is 15.9 Å². The van der Waals surface area contributed by atoms with Crippen LogP contribution in [0.5, 0.6) is 0 Å². The van der Waals surface area contributed by atoms with Gasteiger partial charge in [0.25, 0.3) is 5.91 Å². The van der Waals surface area contributed by atoms with E-state index in [1.54, 1.807) is 48.8 Å². The van der Waals surface area contributed by atoms with Gasteiger partial charge in [0, 0.05) is 35.2 Å². The minimum absolute atomic E-state index is 0.0376. The summed E-state index contributed by atoms with van der Waals surface area (Å²) in [7, 11) is 0. The van der Waals surface area contributed by atoms with Crippen LogP contribution in [0.2, 0.25) is 5.02 Å². The Bertz CT molecular complexity index is 1110. The van der Waals surface area contributed by atoms with Crippen molar-refractivity contribution in [2.45, 2.75) is 6.54 Å². The van der Waals surface area contributed by atoms with Crippen molar-refractivity contribution >= 4 is 35.0 Å². The highest BCUT2D eigenvalue weighted by Gasteiger charge is 2.33. The van der Waals surface area contributed by atoms with E-state index < -0.39 is 0 Å². The van der Waals surface area contributed by atoms with Crippen LogP contribution in [0.15, 0.2) is 79.1 Å². The first-order chi connectivity index (χ1) is 15.5. The lowest BCUT2D eigenvalue weighted by atomic mass is 10.1. The zero-order valence-electron chi connectivity index (χ0n) is 17.2. The summed E-state index contributed by atoms with van der Waals surface area (Å²) in [5.41, 5.74) is 2.02. The number of amides is 3. The van der Waals surface area contributed by atoms with Crippen LogP contribution in [0.4, 0.5) is 5.69 Å². The van der Waals surface area contributed by atoms with Crippen LogP contribution in [0.25, 0.3) is 0 Å². The van der Waals surface area contributed by atoms with Crippen molar-refractivity contribution in [3.05, 3.63) is 95.3 Å². The van der Waals surface area contributed by atoms with Gasteiger partial charge in [0.2, 0.25) is 11.8 Å². The average Bonchev–Trinajstić information content (AvgIpc) is 3.21. The minimum atomic E-state index is -0.298. The number of aromatic nitrogens is 1. The van der Waals surface area contributed by atoms with Crippen LogP contribution < -0.4 is 4.90 Å². The highest BCUT2D eigenvalue weighted by molar-refractivity contribution is 6.30. The Morgan fingerprint density at radius 1 is 0.969 bits per heavy atom. The summed E-state index contributed by atoms with van der Waals surface area (Å²) >= 11 is 5.93. The van der Waals surface area contributed by atoms with Gasteiger partial charge in [-0.3, -0.25) is 24.3 Å². The van der Waals surface area contributed by atoms with E-state index in [0.29, 0.717) is 16.3 Å². The molecule has 4 rings (SSSR count). The van der Waals surface area contributed by atoms with Gasteiger partial charge < -0.3 is 9.80 Å². The largest absolute Gasteiger partial charge is 0.325 e. The normalized spacial score (nSPS) is 13.3. The van der Waals surface area contributed by atoms with Gasteiger partial charge in [0.05, 0.1) is 0 Å². The second kappa shape index (κ2) is 9.62. The van der Waals surface area contributed by atoms with Gasteiger partial charge in [-0.05, 0) is 42.0 Å². The van der Waals surface area contributed by atoms with Crippen molar-refractivity contribution < 1.29 is 14.4 Å². The third-order valence-electron chi connectivity index (χ3n) is 5.19. The molecule has 2 heterocycles. The predicted molar refractivity (Wildman–Crippen MR) is 121 cm³/mol. The first-order valence-corrected chi connectivity index (χ1v) is 10.5. The molecule has 32 heavy (non-hydrogen) atoms. The summed E-state index contributed by atoms with van der Waals surface area (Å²) in [6.07, 6.45) is 3.08. The molecule has 3 amide bonds. The van der Waals surface area contributed by atoms with Gasteiger partial charge in [-0.2, -0.15) is 0 Å². The fourth-order valence-electron chi connectivity index (χ4n) is 3.51. The molecule has 0 saturated carbocycles. The fourth-order valence-corrected chi connectivity index (χ4v) is 3.63. The quantitative estimate of drug-likeness (QED) is 0.580. The standard InChI is InChI=1S/C24H21ClN4O3/c25-20-6-8-21(9-7-20)29-17-28(16-23(29)31)22(30)15-27(14-18-4-2-1-3-5-18)24(32)19-10-12-26-13-11-19/h1-13H,14-17H2. The summed E-state index contributed by atoms with van der Waals surface area (Å²) in [6, 6.07) is 19.6. The smallest absolute Gasteiger partial charge is 0.254 e. The Morgan fingerprint density at radius 2 is 1.66 bits per heavy atom. The molecule has 1 fully saturated rings. The van der Waals surface area contributed by atoms with Gasteiger partial charge in [-0.25, -0.2) is 0 Å². The first-order valence-electron chi connectivity index (χ1n) is 10.1. The number of pyridine rings is 1. The minimum Gasteiger partial charge on any atom is -0.325 e. The van der Waals surface area contributed by atoms with Crippen molar-refractivity contribution in [2.75, 3.05) is 24.7 Å². The van der Waals surface area contributed by atoms with E-state index in [2.05, 4.69) is 4.98 Å². The number of benzene rings is 2. The summed E-state index contributed by atoms with van der Waals surface area (Å²) < 4.78 is 0. The molecule has 1 aliphatic heterocycles.